The number of aryl methyl sites for hydroxylation is 2. The van der Waals surface area contributed by atoms with E-state index in [4.69, 9.17) is 9.98 Å². The smallest absolute Gasteiger partial charge is 0.251 e. The molecule has 0 saturated heterocycles. The van der Waals surface area contributed by atoms with Crippen molar-refractivity contribution in [3.63, 3.8) is 0 Å². The second-order valence-electron chi connectivity index (χ2n) is 32.5. The van der Waals surface area contributed by atoms with Crippen LogP contribution in [0.4, 0.5) is 11.4 Å². The van der Waals surface area contributed by atoms with E-state index >= 15 is 0 Å². The van der Waals surface area contributed by atoms with Gasteiger partial charge in [-0.3, -0.25) is 4.99 Å². The van der Waals surface area contributed by atoms with Crippen LogP contribution in [0.1, 0.15) is 514 Å². The van der Waals surface area contributed by atoms with Crippen molar-refractivity contribution >= 4 is 22.8 Å². The molecule has 0 heterocycles. The number of rotatable bonds is 82. The van der Waals surface area contributed by atoms with E-state index in [2.05, 4.69) is 113 Å². The fraction of sp³-hybridized carbons (Fsp3) is 0.800. The van der Waals surface area contributed by atoms with Gasteiger partial charge in [0.2, 0.25) is 0 Å². The van der Waals surface area contributed by atoms with E-state index in [-0.39, 0.29) is 16.5 Å². The molecule has 3 heteroatoms. The third-order valence-corrected chi connectivity index (χ3v) is 22.5. The molecule has 0 atom stereocenters. The van der Waals surface area contributed by atoms with Gasteiger partial charge in [0, 0.05) is 0 Å². The van der Waals surface area contributed by atoms with Gasteiger partial charge >= 0.3 is 16.5 Å². The van der Waals surface area contributed by atoms with Gasteiger partial charge in [0.1, 0.15) is 0 Å². The van der Waals surface area contributed by atoms with Gasteiger partial charge in [-0.1, -0.05) is 493 Å². The maximum absolute atomic E-state index is 5.62. The Balaban J connectivity index is 0.0000530. The van der Waals surface area contributed by atoms with Crippen LogP contribution in [0.15, 0.2) is 95.0 Å². The van der Waals surface area contributed by atoms with Crippen molar-refractivity contribution in [3.8, 4) is 0 Å². The number of para-hydroxylation sites is 2. The number of aliphatic imine (C=N–C) groups is 2. The maximum Gasteiger partial charge on any atom is 2.00 e. The molecular formula is C100H178N2Ni+2. The van der Waals surface area contributed by atoms with Gasteiger partial charge in [-0.05, 0) is 119 Å². The number of unbranched alkanes of at least 4 members (excludes halogenated alkanes) is 67. The topological polar surface area (TPSA) is 24.7 Å². The number of hydrogen-bond acceptors (Lipinski definition) is 2. The molecule has 0 aromatic heterocycles. The summed E-state index contributed by atoms with van der Waals surface area (Å²) in [5, 5.41) is 0. The average Bonchev–Trinajstić information content (AvgIpc) is 0.848. The largest absolute Gasteiger partial charge is 2.00 e. The van der Waals surface area contributed by atoms with E-state index < -0.39 is 0 Å². The van der Waals surface area contributed by atoms with E-state index in [9.17, 15) is 0 Å². The van der Waals surface area contributed by atoms with Crippen LogP contribution >= 0.6 is 0 Å². The Labute approximate surface area is 656 Å². The van der Waals surface area contributed by atoms with Crippen molar-refractivity contribution in [3.05, 3.63) is 96.1 Å². The van der Waals surface area contributed by atoms with Crippen molar-refractivity contribution in [1.82, 2.24) is 0 Å². The predicted octanol–water partition coefficient (Wildman–Crippen LogP) is 36.2. The van der Waals surface area contributed by atoms with Crippen LogP contribution in [-0.2, 0) is 29.3 Å². The van der Waals surface area contributed by atoms with Crippen molar-refractivity contribution < 1.29 is 16.5 Å². The van der Waals surface area contributed by atoms with Crippen LogP contribution in [0.5, 0.6) is 0 Å². The number of benzene rings is 2. The number of nitrogens with zero attached hydrogens (tertiary/aromatic N) is 2. The zero-order valence-electron chi connectivity index (χ0n) is 70.0. The van der Waals surface area contributed by atoms with E-state index in [1.807, 2.05) is 0 Å². The summed E-state index contributed by atoms with van der Waals surface area (Å²) >= 11 is 0. The monoisotopic (exact) mass is 1470 g/mol. The van der Waals surface area contributed by atoms with Crippen LogP contribution in [0.2, 0.25) is 0 Å². The van der Waals surface area contributed by atoms with E-state index in [0.29, 0.717) is 0 Å². The summed E-state index contributed by atoms with van der Waals surface area (Å²) in [7, 11) is 0. The molecule has 0 radical (unpaired) electrons. The Kier molecular flexibility index (Phi) is 79.9. The Morgan fingerprint density at radius 1 is 0.223 bits per heavy atom. The molecule has 2 nitrogen and oxygen atoms in total. The molecule has 0 unspecified atom stereocenters. The second-order valence-corrected chi connectivity index (χ2v) is 32.5. The molecule has 0 fully saturated rings. The first kappa shape index (κ1) is 98.5. The summed E-state index contributed by atoms with van der Waals surface area (Å²) in [6.07, 6.45) is 120. The molecule has 0 saturated carbocycles. The minimum atomic E-state index is 0. The van der Waals surface area contributed by atoms with Crippen LogP contribution in [-0.4, -0.2) is 11.4 Å². The molecule has 2 rings (SSSR count). The molecule has 2 aromatic rings. The van der Waals surface area contributed by atoms with Crippen molar-refractivity contribution in [2.75, 3.05) is 0 Å². The zero-order chi connectivity index (χ0) is 72.5. The van der Waals surface area contributed by atoms with Crippen LogP contribution in [0.3, 0.4) is 0 Å². The van der Waals surface area contributed by atoms with Gasteiger partial charge in [0.25, 0.3) is 0 Å². The van der Waals surface area contributed by atoms with Gasteiger partial charge in [0.05, 0.1) is 22.8 Å². The first-order valence-electron chi connectivity index (χ1n) is 47.0. The van der Waals surface area contributed by atoms with Gasteiger partial charge < -0.3 is 0 Å². The number of allylic oxidation sites excluding steroid dienone is 6. The molecule has 0 bridgehead atoms. The van der Waals surface area contributed by atoms with E-state index in [1.54, 1.807) is 0 Å². The summed E-state index contributed by atoms with van der Waals surface area (Å²) in [4.78, 5) is 11.2. The summed E-state index contributed by atoms with van der Waals surface area (Å²) < 4.78 is 0. The molecule has 0 N–H and O–H groups in total. The van der Waals surface area contributed by atoms with Crippen molar-refractivity contribution in [1.29, 1.82) is 0 Å². The van der Waals surface area contributed by atoms with Gasteiger partial charge in [-0.25, -0.2) is 4.99 Å². The van der Waals surface area contributed by atoms with Gasteiger partial charge in [-0.2, -0.15) is 0 Å². The first-order valence-corrected chi connectivity index (χ1v) is 47.0. The Hall–Kier alpha value is -2.51. The third-order valence-electron chi connectivity index (χ3n) is 22.5. The Bertz CT molecular complexity index is 2140. The van der Waals surface area contributed by atoms with Crippen molar-refractivity contribution in [2.24, 2.45) is 9.98 Å². The van der Waals surface area contributed by atoms with E-state index in [1.165, 1.54) is 435 Å². The molecule has 0 amide bonds. The molecule has 596 valence electrons. The zero-order valence-corrected chi connectivity index (χ0v) is 71.0. The normalized spacial score (nSPS) is 12.2. The molecule has 103 heavy (non-hydrogen) atoms. The maximum atomic E-state index is 5.62. The van der Waals surface area contributed by atoms with Gasteiger partial charge in [-0.15, -0.1) is 0 Å². The summed E-state index contributed by atoms with van der Waals surface area (Å²) in [6.45, 7) is 9.27. The van der Waals surface area contributed by atoms with Crippen LogP contribution in [0.25, 0.3) is 0 Å². The SMILES string of the molecule is CCCCCCCCCCCCCCCCCCCCCC/C=C/C(=N\c1ccccc1CCC/C=C/CCCCCCCCCCCCCCCCCCCCCCCC)C(/CCCC)=N\c1ccccc1CCC/C=C/CCCCCCCCCCCCCCCCCCCCCCCC.[Ni+2]. The minimum absolute atomic E-state index is 0. The van der Waals surface area contributed by atoms with Crippen LogP contribution < -0.4 is 0 Å². The Morgan fingerprint density at radius 2 is 0.427 bits per heavy atom. The average molecular weight is 1470 g/mol. The quantitative estimate of drug-likeness (QED) is 0.0273. The summed E-state index contributed by atoms with van der Waals surface area (Å²) in [5.41, 5.74) is 7.22. The molecule has 0 aliphatic carbocycles. The standard InChI is InChI=1S/C100H178N2.Ni/c1-5-9-13-16-19-22-25-28-31-34-37-40-43-45-47-49-51-53-56-59-62-65-68-71-74-77-80-87-95-89-83-85-92-97(95)101-99(91-12-8-4)100(94-82-79-76-73-70-67-64-61-58-55-42-39-36-33-30-27-24-21-18-15-11-7-3)102-98-93-86-84-90-96(98)88-81-78-75-72-69-66-63-60-57-54-52-50-48-46-44-41-38-35-32-29-26-23-20-17-14-10-6-2;/h71-72,74-75,82-86,89-90,92-94H,5-70,73,76-81,87-88,91H2,1-4H3;/q;+2/b74-71+,75-72+,94-82+,101-99-,102-100+;. The van der Waals surface area contributed by atoms with Gasteiger partial charge in [0.15, 0.2) is 0 Å². The molecule has 0 aliphatic heterocycles. The third kappa shape index (κ3) is 68.5. The molecule has 0 spiro atoms. The predicted molar refractivity (Wildman–Crippen MR) is 466 cm³/mol. The van der Waals surface area contributed by atoms with E-state index in [0.717, 1.165) is 87.0 Å². The molecular weight excluding hydrogens is 1290 g/mol. The fourth-order valence-corrected chi connectivity index (χ4v) is 15.5. The number of hydrogen-bond donors (Lipinski definition) is 0. The van der Waals surface area contributed by atoms with Crippen molar-refractivity contribution in [2.45, 2.75) is 516 Å². The first-order chi connectivity index (χ1) is 50.7. The molecule has 0 aliphatic rings. The summed E-state index contributed by atoms with van der Waals surface area (Å²) in [6, 6.07) is 18.0. The Morgan fingerprint density at radius 3 is 0.680 bits per heavy atom. The fourth-order valence-electron chi connectivity index (χ4n) is 15.5. The molecule has 2 aromatic carbocycles. The summed E-state index contributed by atoms with van der Waals surface area (Å²) in [5.74, 6) is 0. The second kappa shape index (κ2) is 83.5. The van der Waals surface area contributed by atoms with Crippen LogP contribution in [0, 0.1) is 0 Å². The minimum Gasteiger partial charge on any atom is -0.251 e.